The Hall–Kier alpha value is -3.26. The molecule has 8 heteroatoms. The van der Waals surface area contributed by atoms with Crippen molar-refractivity contribution in [2.24, 2.45) is 4.99 Å². The van der Waals surface area contributed by atoms with Crippen LogP contribution in [0.15, 0.2) is 75.8 Å². The van der Waals surface area contributed by atoms with E-state index >= 15 is 0 Å². The summed E-state index contributed by atoms with van der Waals surface area (Å²) < 4.78 is 13.3. The molecule has 3 rings (SSSR count). The second-order valence-corrected chi connectivity index (χ2v) is 8.69. The molecule has 0 radical (unpaired) electrons. The molecular weight excluding hydrogens is 435 g/mol. The van der Waals surface area contributed by atoms with E-state index < -0.39 is 17.6 Å². The van der Waals surface area contributed by atoms with Crippen molar-refractivity contribution in [3.63, 3.8) is 0 Å². The van der Waals surface area contributed by atoms with E-state index in [9.17, 15) is 19.1 Å². The molecule has 0 fully saturated rings. The van der Waals surface area contributed by atoms with Crippen LogP contribution in [0.2, 0.25) is 0 Å². The monoisotopic (exact) mass is 468 g/mol. The summed E-state index contributed by atoms with van der Waals surface area (Å²) in [5.74, 6) is -1.78. The predicted octanol–water partition coefficient (Wildman–Crippen LogP) is 3.51. The molecule has 2 amide bonds. The van der Waals surface area contributed by atoms with E-state index in [-0.39, 0.29) is 18.4 Å². The smallest absolute Gasteiger partial charge is 0.293 e. The zero-order valence-corrected chi connectivity index (χ0v) is 20.1. The molecule has 0 aromatic heterocycles. The molecule has 34 heavy (non-hydrogen) atoms. The fraction of sp³-hybridized carbons (Fsp3) is 0.423. The maximum Gasteiger partial charge on any atom is 0.293 e. The summed E-state index contributed by atoms with van der Waals surface area (Å²) in [7, 11) is 5.18. The number of aliphatic hydroxyl groups excluding tert-OH is 1. The van der Waals surface area contributed by atoms with Crippen molar-refractivity contribution >= 4 is 17.6 Å². The van der Waals surface area contributed by atoms with E-state index in [4.69, 9.17) is 0 Å². The summed E-state index contributed by atoms with van der Waals surface area (Å²) >= 11 is 0. The van der Waals surface area contributed by atoms with Crippen LogP contribution >= 0.6 is 0 Å². The average molecular weight is 469 g/mol. The van der Waals surface area contributed by atoms with Crippen LogP contribution in [-0.2, 0) is 9.59 Å². The zero-order chi connectivity index (χ0) is 24.7. The first-order valence-corrected chi connectivity index (χ1v) is 11.5. The van der Waals surface area contributed by atoms with E-state index in [0.29, 0.717) is 12.3 Å². The number of nitrogens with zero attached hydrogens (tertiary/aromatic N) is 3. The topological polar surface area (TPSA) is 85.2 Å². The van der Waals surface area contributed by atoms with Gasteiger partial charge in [-0.25, -0.2) is 4.39 Å². The summed E-state index contributed by atoms with van der Waals surface area (Å²) in [6.45, 7) is 0.927. The number of nitrogens with one attached hydrogen (secondary N) is 1. The van der Waals surface area contributed by atoms with Gasteiger partial charge in [0.05, 0.1) is 12.1 Å². The molecule has 7 nitrogen and oxygen atoms in total. The molecule has 0 spiro atoms. The van der Waals surface area contributed by atoms with Crippen molar-refractivity contribution in [1.82, 2.24) is 15.1 Å². The van der Waals surface area contributed by atoms with Gasteiger partial charge in [0.15, 0.2) is 5.76 Å². The van der Waals surface area contributed by atoms with Crippen LogP contribution < -0.4 is 5.32 Å². The molecule has 1 atom stereocenters. The molecule has 0 aromatic rings. The highest BCUT2D eigenvalue weighted by Gasteiger charge is 2.32. The number of rotatable bonds is 5. The van der Waals surface area contributed by atoms with E-state index in [1.165, 1.54) is 28.2 Å². The van der Waals surface area contributed by atoms with Gasteiger partial charge < -0.3 is 10.4 Å². The molecule has 0 aromatic carbocycles. The summed E-state index contributed by atoms with van der Waals surface area (Å²) in [4.78, 5) is 33.0. The number of carbonyl (C=O) groups excluding carboxylic acids is 2. The molecule has 0 saturated carbocycles. The lowest BCUT2D eigenvalue weighted by Crippen LogP contribution is -2.50. The van der Waals surface area contributed by atoms with Gasteiger partial charge >= 0.3 is 0 Å². The molecule has 182 valence electrons. The Morgan fingerprint density at radius 3 is 2.88 bits per heavy atom. The Balaban J connectivity index is 1.63. The fourth-order valence-electron chi connectivity index (χ4n) is 4.39. The van der Waals surface area contributed by atoms with Crippen molar-refractivity contribution in [1.29, 1.82) is 0 Å². The van der Waals surface area contributed by atoms with Gasteiger partial charge in [-0.05, 0) is 62.5 Å². The van der Waals surface area contributed by atoms with Gasteiger partial charge in [0, 0.05) is 27.2 Å². The van der Waals surface area contributed by atoms with Crippen LogP contribution in [-0.4, -0.2) is 72.8 Å². The van der Waals surface area contributed by atoms with Gasteiger partial charge in [-0.3, -0.25) is 24.4 Å². The van der Waals surface area contributed by atoms with Crippen molar-refractivity contribution in [3.05, 3.63) is 70.8 Å². The number of halogens is 1. The van der Waals surface area contributed by atoms with Crippen LogP contribution in [0.3, 0.4) is 0 Å². The second kappa shape index (κ2) is 11.7. The molecule has 1 aliphatic heterocycles. The van der Waals surface area contributed by atoms with Gasteiger partial charge in [-0.1, -0.05) is 29.9 Å². The number of likely N-dealkylation sites (N-methyl/N-ethyl adjacent to an activating group) is 2. The summed E-state index contributed by atoms with van der Waals surface area (Å²) in [5, 5.41) is 13.0. The normalized spacial score (nSPS) is 21.8. The average Bonchev–Trinajstić information content (AvgIpc) is 3.17. The standard InChI is InChI=1S/C26H33FN4O3/c1-28-25(22-14-19-9-5-4-6-10-20(19)17-30(22)2)31(3)26(34)23(32)15-24(33)29-16-18-8-7-11-21(27)13-12-18/h6,8,10-13,15,22,32H,4-5,7,9,14,16-17H2,1-3H3,(H,29,33)/b23-15-,28-25?. The maximum atomic E-state index is 13.3. The van der Waals surface area contributed by atoms with Gasteiger partial charge in [0.25, 0.3) is 5.91 Å². The highest BCUT2D eigenvalue weighted by Crippen LogP contribution is 2.30. The SMILES string of the molecule is CN=C(C1CC2=C(C=CCCC2)CN1C)N(C)C(=O)/C(O)=C/C(=O)NCC1=CCC=C(F)C=C1. The van der Waals surface area contributed by atoms with Crippen LogP contribution in [0.25, 0.3) is 0 Å². The van der Waals surface area contributed by atoms with E-state index in [1.807, 2.05) is 7.05 Å². The first kappa shape index (κ1) is 25.4. The lowest BCUT2D eigenvalue weighted by atomic mass is 9.91. The number of hydrogen-bond donors (Lipinski definition) is 2. The van der Waals surface area contributed by atoms with Crippen molar-refractivity contribution in [3.8, 4) is 0 Å². The number of hydrogen-bond acceptors (Lipinski definition) is 5. The minimum Gasteiger partial charge on any atom is -0.503 e. The molecule has 2 aliphatic carbocycles. The molecule has 3 aliphatic rings. The first-order valence-electron chi connectivity index (χ1n) is 11.5. The maximum absolute atomic E-state index is 13.3. The van der Waals surface area contributed by atoms with Crippen LogP contribution in [0, 0.1) is 0 Å². The lowest BCUT2D eigenvalue weighted by molar-refractivity contribution is -0.126. The summed E-state index contributed by atoms with van der Waals surface area (Å²) in [6, 6.07) is -0.103. The first-order chi connectivity index (χ1) is 16.3. The van der Waals surface area contributed by atoms with Crippen molar-refractivity contribution < 1.29 is 19.1 Å². The molecule has 1 unspecified atom stereocenters. The third kappa shape index (κ3) is 6.41. The molecular formula is C26H33FN4O3. The Bertz CT molecular complexity index is 1030. The van der Waals surface area contributed by atoms with Gasteiger partial charge in [-0.15, -0.1) is 0 Å². The molecule has 0 bridgehead atoms. The van der Waals surface area contributed by atoms with E-state index in [2.05, 4.69) is 27.4 Å². The van der Waals surface area contributed by atoms with Crippen LogP contribution in [0.5, 0.6) is 0 Å². The molecule has 2 N–H and O–H groups in total. The summed E-state index contributed by atoms with van der Waals surface area (Å²) in [5.41, 5.74) is 3.45. The third-order valence-electron chi connectivity index (χ3n) is 6.29. The van der Waals surface area contributed by atoms with Crippen molar-refractivity contribution in [2.75, 3.05) is 34.2 Å². The number of aliphatic imine (C=N–C) groups is 1. The minimum atomic E-state index is -0.704. The van der Waals surface area contributed by atoms with Crippen LogP contribution in [0.4, 0.5) is 4.39 Å². The Morgan fingerprint density at radius 2 is 2.12 bits per heavy atom. The Morgan fingerprint density at radius 1 is 1.32 bits per heavy atom. The fourth-order valence-corrected chi connectivity index (χ4v) is 4.39. The van der Waals surface area contributed by atoms with E-state index in [1.54, 1.807) is 26.2 Å². The largest absolute Gasteiger partial charge is 0.503 e. The highest BCUT2D eigenvalue weighted by atomic mass is 19.1. The quantitative estimate of drug-likeness (QED) is 0.280. The van der Waals surface area contributed by atoms with E-state index in [0.717, 1.165) is 43.9 Å². The number of amidine groups is 1. The number of allylic oxidation sites excluding steroid dienone is 5. The highest BCUT2D eigenvalue weighted by molar-refractivity contribution is 6.08. The third-order valence-corrected chi connectivity index (χ3v) is 6.29. The van der Waals surface area contributed by atoms with Crippen molar-refractivity contribution in [2.45, 2.75) is 38.1 Å². The summed E-state index contributed by atoms with van der Waals surface area (Å²) in [6.07, 6.45) is 15.8. The zero-order valence-electron chi connectivity index (χ0n) is 20.1. The number of aliphatic hydroxyl groups is 1. The Labute approximate surface area is 200 Å². The van der Waals surface area contributed by atoms with Gasteiger partial charge in [-0.2, -0.15) is 0 Å². The number of amides is 2. The lowest BCUT2D eigenvalue weighted by Gasteiger charge is -2.37. The molecule has 0 saturated heterocycles. The minimum absolute atomic E-state index is 0.103. The number of carbonyl (C=O) groups is 2. The van der Waals surface area contributed by atoms with Gasteiger partial charge in [0.1, 0.15) is 11.7 Å². The predicted molar refractivity (Wildman–Crippen MR) is 132 cm³/mol. The molecule has 1 heterocycles. The van der Waals surface area contributed by atoms with Gasteiger partial charge in [0.2, 0.25) is 5.91 Å². The van der Waals surface area contributed by atoms with Crippen LogP contribution in [0.1, 0.15) is 32.1 Å². The Kier molecular flexibility index (Phi) is 8.76. The second-order valence-electron chi connectivity index (χ2n) is 8.69.